The predicted octanol–water partition coefficient (Wildman–Crippen LogP) is 2.21. The monoisotopic (exact) mass is 358 g/mol. The number of carbonyl (C=O) groups is 4. The second-order valence-electron chi connectivity index (χ2n) is 5.26. The molecule has 0 saturated heterocycles. The summed E-state index contributed by atoms with van der Waals surface area (Å²) in [4.78, 5) is 45.5. The van der Waals surface area contributed by atoms with Crippen molar-refractivity contribution in [2.45, 2.75) is 6.42 Å². The molecule has 0 spiro atoms. The highest BCUT2D eigenvalue weighted by atomic mass is 16.5. The van der Waals surface area contributed by atoms with Gasteiger partial charge in [-0.3, -0.25) is 0 Å². The number of benzene rings is 2. The van der Waals surface area contributed by atoms with E-state index in [0.29, 0.717) is 0 Å². The van der Waals surface area contributed by atoms with E-state index >= 15 is 0 Å². The van der Waals surface area contributed by atoms with Crippen LogP contribution in [0.5, 0.6) is 0 Å². The fourth-order valence-electron chi connectivity index (χ4n) is 2.58. The number of ether oxygens (including phenoxy) is 1. The normalized spacial score (nSPS) is 10.3. The molecule has 0 aromatic heterocycles. The minimum absolute atomic E-state index is 0.0608. The van der Waals surface area contributed by atoms with Crippen LogP contribution in [0.4, 0.5) is 0 Å². The number of carboxylic acids is 3. The lowest BCUT2D eigenvalue weighted by Gasteiger charge is -2.13. The van der Waals surface area contributed by atoms with E-state index in [9.17, 15) is 29.4 Å². The van der Waals surface area contributed by atoms with Crippen molar-refractivity contribution in [3.8, 4) is 0 Å². The average Bonchev–Trinajstić information content (AvgIpc) is 2.59. The molecule has 0 aliphatic carbocycles. The van der Waals surface area contributed by atoms with E-state index in [0.717, 1.165) is 6.08 Å². The summed E-state index contributed by atoms with van der Waals surface area (Å²) in [7, 11) is 0. The molecule has 0 aliphatic heterocycles. The van der Waals surface area contributed by atoms with Gasteiger partial charge >= 0.3 is 23.9 Å². The van der Waals surface area contributed by atoms with Gasteiger partial charge in [0.1, 0.15) is 0 Å². The van der Waals surface area contributed by atoms with E-state index in [4.69, 9.17) is 9.84 Å². The molecular formula is C18H14O8. The molecule has 0 unspecified atom stereocenters. The van der Waals surface area contributed by atoms with Gasteiger partial charge in [0.15, 0.2) is 0 Å². The molecule has 26 heavy (non-hydrogen) atoms. The molecule has 8 heteroatoms. The summed E-state index contributed by atoms with van der Waals surface area (Å²) in [5, 5.41) is 28.4. The highest BCUT2D eigenvalue weighted by Gasteiger charge is 2.24. The Morgan fingerprint density at radius 1 is 0.962 bits per heavy atom. The van der Waals surface area contributed by atoms with Crippen molar-refractivity contribution in [2.24, 2.45) is 0 Å². The van der Waals surface area contributed by atoms with Crippen molar-refractivity contribution >= 4 is 34.6 Å². The second-order valence-corrected chi connectivity index (χ2v) is 5.26. The molecule has 0 heterocycles. The van der Waals surface area contributed by atoms with Gasteiger partial charge in [-0.25, -0.2) is 19.2 Å². The van der Waals surface area contributed by atoms with Crippen LogP contribution in [0.15, 0.2) is 36.9 Å². The first kappa shape index (κ1) is 18.7. The lowest BCUT2D eigenvalue weighted by molar-refractivity contribution is -0.137. The van der Waals surface area contributed by atoms with E-state index in [1.165, 1.54) is 24.3 Å². The first-order valence-electron chi connectivity index (χ1n) is 7.35. The van der Waals surface area contributed by atoms with Crippen molar-refractivity contribution in [3.63, 3.8) is 0 Å². The zero-order chi connectivity index (χ0) is 19.4. The van der Waals surface area contributed by atoms with Gasteiger partial charge in [0.25, 0.3) is 0 Å². The minimum atomic E-state index is -1.46. The maximum Gasteiger partial charge on any atom is 0.337 e. The van der Waals surface area contributed by atoms with Crippen LogP contribution in [0.3, 0.4) is 0 Å². The number of esters is 1. The molecule has 2 rings (SSSR count). The topological polar surface area (TPSA) is 138 Å². The average molecular weight is 358 g/mol. The summed E-state index contributed by atoms with van der Waals surface area (Å²) in [6.45, 7) is 3.05. The number of aromatic carboxylic acids is 3. The second kappa shape index (κ2) is 7.47. The fraction of sp³-hybridized carbons (Fsp3) is 0.111. The number of fused-ring (bicyclic) bond motifs is 1. The molecule has 0 fully saturated rings. The molecular weight excluding hydrogens is 344 g/mol. The number of carboxylic acid groups (broad SMARTS) is 3. The van der Waals surface area contributed by atoms with E-state index in [1.54, 1.807) is 0 Å². The van der Waals surface area contributed by atoms with Gasteiger partial charge in [-0.05, 0) is 28.5 Å². The van der Waals surface area contributed by atoms with E-state index in [-0.39, 0.29) is 34.9 Å². The van der Waals surface area contributed by atoms with Crippen molar-refractivity contribution in [2.75, 3.05) is 6.61 Å². The van der Waals surface area contributed by atoms with Crippen LogP contribution in [0.25, 0.3) is 10.8 Å². The van der Waals surface area contributed by atoms with Crippen LogP contribution >= 0.6 is 0 Å². The highest BCUT2D eigenvalue weighted by molar-refractivity contribution is 6.13. The Balaban J connectivity index is 2.67. The Bertz CT molecular complexity index is 942. The third-order valence-electron chi connectivity index (χ3n) is 3.68. The third-order valence-corrected chi connectivity index (χ3v) is 3.68. The molecule has 0 amide bonds. The molecule has 134 valence electrons. The first-order chi connectivity index (χ1) is 12.3. The molecule has 0 saturated carbocycles. The SMILES string of the molecule is C=CC(=O)OCCc1cc2cc(C(=O)O)ccc2c(C(=O)O)c1C(=O)O. The Morgan fingerprint density at radius 3 is 2.15 bits per heavy atom. The van der Waals surface area contributed by atoms with Crippen LogP contribution in [0, 0.1) is 0 Å². The molecule has 0 aliphatic rings. The van der Waals surface area contributed by atoms with Crippen LogP contribution in [0.2, 0.25) is 0 Å². The smallest absolute Gasteiger partial charge is 0.337 e. The van der Waals surface area contributed by atoms with Crippen LogP contribution in [-0.2, 0) is 16.0 Å². The van der Waals surface area contributed by atoms with Crippen LogP contribution in [0.1, 0.15) is 36.6 Å². The quantitative estimate of drug-likeness (QED) is 0.506. The fourth-order valence-corrected chi connectivity index (χ4v) is 2.58. The van der Waals surface area contributed by atoms with E-state index in [2.05, 4.69) is 6.58 Å². The first-order valence-corrected chi connectivity index (χ1v) is 7.35. The van der Waals surface area contributed by atoms with Gasteiger partial charge in [0.2, 0.25) is 0 Å². The van der Waals surface area contributed by atoms with Crippen LogP contribution in [-0.4, -0.2) is 45.8 Å². The number of hydrogen-bond donors (Lipinski definition) is 3. The van der Waals surface area contributed by atoms with Crippen molar-refractivity contribution in [1.82, 2.24) is 0 Å². The number of carbonyl (C=O) groups excluding carboxylic acids is 1. The molecule has 2 aromatic carbocycles. The Hall–Kier alpha value is -3.68. The summed E-state index contributed by atoms with van der Waals surface area (Å²) < 4.78 is 4.81. The van der Waals surface area contributed by atoms with Crippen LogP contribution < -0.4 is 0 Å². The van der Waals surface area contributed by atoms with Crippen molar-refractivity contribution in [1.29, 1.82) is 0 Å². The van der Waals surface area contributed by atoms with E-state index in [1.807, 2.05) is 0 Å². The van der Waals surface area contributed by atoms with Gasteiger partial charge in [0.05, 0.1) is 23.3 Å². The minimum Gasteiger partial charge on any atom is -0.478 e. The van der Waals surface area contributed by atoms with Gasteiger partial charge < -0.3 is 20.1 Å². The molecule has 2 aromatic rings. The molecule has 0 bridgehead atoms. The maximum absolute atomic E-state index is 11.7. The maximum atomic E-state index is 11.7. The number of hydrogen-bond acceptors (Lipinski definition) is 5. The standard InChI is InChI=1S/C18H14O8/c1-2-13(19)26-6-5-9-7-11-8-10(16(20)21)3-4-12(11)15(18(24)25)14(9)17(22)23/h2-4,7-8H,1,5-6H2,(H,20,21)(H,22,23)(H,24,25). The predicted molar refractivity (Wildman–Crippen MR) is 89.7 cm³/mol. The third kappa shape index (κ3) is 3.69. The molecule has 0 radical (unpaired) electrons. The lowest BCUT2D eigenvalue weighted by atomic mass is 9.91. The van der Waals surface area contributed by atoms with Gasteiger partial charge in [-0.1, -0.05) is 18.7 Å². The zero-order valence-corrected chi connectivity index (χ0v) is 13.4. The summed E-state index contributed by atoms with van der Waals surface area (Å²) in [6, 6.07) is 5.11. The number of rotatable bonds is 7. The van der Waals surface area contributed by atoms with Crippen molar-refractivity contribution < 1.29 is 39.2 Å². The van der Waals surface area contributed by atoms with Crippen molar-refractivity contribution in [3.05, 3.63) is 59.2 Å². The van der Waals surface area contributed by atoms with E-state index < -0.39 is 35.0 Å². The van der Waals surface area contributed by atoms with Gasteiger partial charge in [-0.2, -0.15) is 0 Å². The summed E-state index contributed by atoms with van der Waals surface area (Å²) in [6.07, 6.45) is 0.884. The highest BCUT2D eigenvalue weighted by Crippen LogP contribution is 2.28. The van der Waals surface area contributed by atoms with Gasteiger partial charge in [0, 0.05) is 12.5 Å². The van der Waals surface area contributed by atoms with Gasteiger partial charge in [-0.15, -0.1) is 0 Å². The summed E-state index contributed by atoms with van der Waals surface area (Å²) >= 11 is 0. The Kier molecular flexibility index (Phi) is 5.36. The lowest BCUT2D eigenvalue weighted by Crippen LogP contribution is -2.15. The molecule has 3 N–H and O–H groups in total. The Labute approximate surface area is 146 Å². The molecule has 8 nitrogen and oxygen atoms in total. The molecule has 0 atom stereocenters. The Morgan fingerprint density at radius 2 is 1.62 bits per heavy atom. The summed E-state index contributed by atoms with van der Waals surface area (Å²) in [5.74, 6) is -4.81. The summed E-state index contributed by atoms with van der Waals surface area (Å²) in [5.41, 5.74) is -0.831. The zero-order valence-electron chi connectivity index (χ0n) is 13.4. The largest absolute Gasteiger partial charge is 0.478 e.